The quantitative estimate of drug-likeness (QED) is 0.412. The molecule has 3 rings (SSSR count). The number of nitrogens with one attached hydrogen (secondary N) is 1. The Morgan fingerprint density at radius 2 is 2.23 bits per heavy atom. The lowest BCUT2D eigenvalue weighted by molar-refractivity contribution is -0.137. The van der Waals surface area contributed by atoms with Gasteiger partial charge in [0.15, 0.2) is 0 Å². The van der Waals surface area contributed by atoms with Gasteiger partial charge in [0.05, 0.1) is 19.0 Å². The number of pyridine rings is 1. The van der Waals surface area contributed by atoms with Gasteiger partial charge in [-0.1, -0.05) is 5.92 Å². The van der Waals surface area contributed by atoms with Crippen molar-refractivity contribution in [2.45, 2.75) is 63.5 Å². The molecule has 4 N–H and O–H groups in total. The monoisotopic (exact) mass is 414 g/mol. The summed E-state index contributed by atoms with van der Waals surface area (Å²) in [6, 6.07) is 1.74. The second kappa shape index (κ2) is 11.9. The molecule has 1 fully saturated rings. The Labute approximate surface area is 177 Å². The number of rotatable bonds is 9. The number of carbonyl (C=O) groups is 3. The molecule has 8 nitrogen and oxygen atoms in total. The summed E-state index contributed by atoms with van der Waals surface area (Å²) in [5.74, 6) is 2.26. The predicted molar refractivity (Wildman–Crippen MR) is 114 cm³/mol. The SMILES string of the molecule is C#CC(N)CC(=O)O.O=CCN(C(=O)CCCc1ccnc2c1CCCN2)C1CC1. The van der Waals surface area contributed by atoms with E-state index in [4.69, 9.17) is 17.3 Å². The molecule has 0 saturated heterocycles. The number of hydrogen-bond acceptors (Lipinski definition) is 6. The summed E-state index contributed by atoms with van der Waals surface area (Å²) < 4.78 is 0. The van der Waals surface area contributed by atoms with Crippen LogP contribution in [0.15, 0.2) is 12.3 Å². The molecule has 0 spiro atoms. The van der Waals surface area contributed by atoms with Gasteiger partial charge in [-0.25, -0.2) is 4.98 Å². The van der Waals surface area contributed by atoms with Crippen molar-refractivity contribution in [1.82, 2.24) is 9.88 Å². The molecule has 1 atom stereocenters. The smallest absolute Gasteiger partial charge is 0.305 e. The number of anilines is 1. The van der Waals surface area contributed by atoms with E-state index in [-0.39, 0.29) is 18.9 Å². The summed E-state index contributed by atoms with van der Waals surface area (Å²) in [4.78, 5) is 38.9. The molecule has 1 aromatic rings. The van der Waals surface area contributed by atoms with E-state index in [0.29, 0.717) is 12.5 Å². The van der Waals surface area contributed by atoms with Gasteiger partial charge in [0.2, 0.25) is 5.91 Å². The topological polar surface area (TPSA) is 126 Å². The summed E-state index contributed by atoms with van der Waals surface area (Å²) in [5.41, 5.74) is 7.67. The molecule has 2 heterocycles. The highest BCUT2D eigenvalue weighted by Gasteiger charge is 2.31. The number of hydrogen-bond donors (Lipinski definition) is 3. The van der Waals surface area contributed by atoms with E-state index in [0.717, 1.165) is 57.2 Å². The Bertz CT molecular complexity index is 786. The first-order chi connectivity index (χ1) is 14.5. The van der Waals surface area contributed by atoms with E-state index in [2.05, 4.69) is 22.3 Å². The Hall–Kier alpha value is -2.92. The van der Waals surface area contributed by atoms with Crippen LogP contribution in [-0.4, -0.2) is 58.3 Å². The van der Waals surface area contributed by atoms with Crippen LogP contribution in [-0.2, 0) is 27.2 Å². The molecular formula is C22H30N4O4. The first-order valence-corrected chi connectivity index (χ1v) is 10.3. The summed E-state index contributed by atoms with van der Waals surface area (Å²) in [6.07, 6.45) is 13.9. The molecule has 0 aromatic carbocycles. The maximum absolute atomic E-state index is 12.2. The van der Waals surface area contributed by atoms with E-state index in [1.54, 1.807) is 4.90 Å². The zero-order valence-corrected chi connectivity index (χ0v) is 17.2. The van der Waals surface area contributed by atoms with Crippen LogP contribution in [0.2, 0.25) is 0 Å². The van der Waals surface area contributed by atoms with Gasteiger partial charge < -0.3 is 25.9 Å². The number of nitrogens with two attached hydrogens (primary N) is 1. The zero-order valence-electron chi connectivity index (χ0n) is 17.2. The number of carboxylic acids is 1. The number of aliphatic carboxylic acids is 1. The Kier molecular flexibility index (Phi) is 9.29. The van der Waals surface area contributed by atoms with Crippen molar-refractivity contribution in [3.63, 3.8) is 0 Å². The number of nitrogens with zero attached hydrogens (tertiary/aromatic N) is 2. The molecule has 1 aliphatic heterocycles. The third kappa shape index (κ3) is 7.48. The minimum atomic E-state index is -0.963. The van der Waals surface area contributed by atoms with Crippen molar-refractivity contribution in [3.05, 3.63) is 23.4 Å². The fourth-order valence-electron chi connectivity index (χ4n) is 3.41. The van der Waals surface area contributed by atoms with Gasteiger partial charge in [-0.2, -0.15) is 0 Å². The zero-order chi connectivity index (χ0) is 21.9. The van der Waals surface area contributed by atoms with Crippen LogP contribution >= 0.6 is 0 Å². The highest BCUT2D eigenvalue weighted by atomic mass is 16.4. The van der Waals surface area contributed by atoms with Gasteiger partial charge in [0.25, 0.3) is 0 Å². The summed E-state index contributed by atoms with van der Waals surface area (Å²) in [5, 5.41) is 11.4. The van der Waals surface area contributed by atoms with Crippen molar-refractivity contribution >= 4 is 24.0 Å². The van der Waals surface area contributed by atoms with Crippen molar-refractivity contribution < 1.29 is 19.5 Å². The summed E-state index contributed by atoms with van der Waals surface area (Å²) in [7, 11) is 0. The number of aldehydes is 1. The van der Waals surface area contributed by atoms with E-state index in [1.165, 1.54) is 11.1 Å². The highest BCUT2D eigenvalue weighted by molar-refractivity contribution is 5.79. The van der Waals surface area contributed by atoms with Crippen LogP contribution in [0, 0.1) is 12.3 Å². The standard InChI is InChI=1S/C17H23N3O2.C5H7NO2/c21-12-11-20(14-6-7-14)16(22)5-1-3-13-8-10-19-17-15(13)4-2-9-18-17;1-2-4(6)3-5(7)8/h8,10,12,14H,1-7,9,11H2,(H,18,19);1,4H,3,6H2,(H,7,8). The highest BCUT2D eigenvalue weighted by Crippen LogP contribution is 2.28. The number of aromatic nitrogens is 1. The third-order valence-corrected chi connectivity index (χ3v) is 5.07. The molecule has 1 amide bonds. The number of amides is 1. The number of terminal acetylenes is 1. The number of aryl methyl sites for hydroxylation is 1. The molecule has 0 bridgehead atoms. The number of fused-ring (bicyclic) bond motifs is 1. The lowest BCUT2D eigenvalue weighted by atomic mass is 9.97. The summed E-state index contributed by atoms with van der Waals surface area (Å²) in [6.45, 7) is 1.24. The first kappa shape index (κ1) is 23.4. The minimum absolute atomic E-state index is 0.121. The molecule has 1 saturated carbocycles. The number of carbonyl (C=O) groups excluding carboxylic acids is 2. The first-order valence-electron chi connectivity index (χ1n) is 10.3. The Balaban J connectivity index is 0.000000343. The molecule has 8 heteroatoms. The van der Waals surface area contributed by atoms with Crippen LogP contribution in [0.4, 0.5) is 5.82 Å². The molecular weight excluding hydrogens is 384 g/mol. The average molecular weight is 415 g/mol. The predicted octanol–water partition coefficient (Wildman–Crippen LogP) is 1.37. The van der Waals surface area contributed by atoms with Gasteiger partial charge >= 0.3 is 5.97 Å². The molecule has 162 valence electrons. The third-order valence-electron chi connectivity index (χ3n) is 5.07. The fraction of sp³-hybridized carbons (Fsp3) is 0.545. The van der Waals surface area contributed by atoms with Crippen molar-refractivity contribution in [3.8, 4) is 12.3 Å². The van der Waals surface area contributed by atoms with E-state index in [1.807, 2.05) is 6.20 Å². The van der Waals surface area contributed by atoms with Crippen molar-refractivity contribution in [2.75, 3.05) is 18.4 Å². The van der Waals surface area contributed by atoms with Gasteiger partial charge in [0, 0.05) is 25.2 Å². The van der Waals surface area contributed by atoms with Crippen molar-refractivity contribution in [1.29, 1.82) is 0 Å². The molecule has 1 aliphatic carbocycles. The van der Waals surface area contributed by atoms with E-state index < -0.39 is 12.0 Å². The minimum Gasteiger partial charge on any atom is -0.481 e. The fourth-order valence-corrected chi connectivity index (χ4v) is 3.41. The maximum Gasteiger partial charge on any atom is 0.305 e. The largest absolute Gasteiger partial charge is 0.481 e. The normalized spacial score (nSPS) is 15.3. The molecule has 1 unspecified atom stereocenters. The molecule has 2 aliphatic rings. The van der Waals surface area contributed by atoms with Gasteiger partial charge in [-0.3, -0.25) is 9.59 Å². The van der Waals surface area contributed by atoms with Crippen LogP contribution in [0.1, 0.15) is 49.7 Å². The van der Waals surface area contributed by atoms with Crippen LogP contribution in [0.5, 0.6) is 0 Å². The number of carboxylic acid groups (broad SMARTS) is 1. The summed E-state index contributed by atoms with van der Waals surface area (Å²) >= 11 is 0. The molecule has 0 radical (unpaired) electrons. The Morgan fingerprint density at radius 3 is 2.83 bits per heavy atom. The lowest BCUT2D eigenvalue weighted by Crippen LogP contribution is -2.34. The molecule has 1 aromatic heterocycles. The van der Waals surface area contributed by atoms with Gasteiger partial charge in [-0.05, 0) is 55.7 Å². The average Bonchev–Trinajstić information content (AvgIpc) is 3.57. The van der Waals surface area contributed by atoms with Gasteiger partial charge in [-0.15, -0.1) is 6.42 Å². The Morgan fingerprint density at radius 1 is 1.47 bits per heavy atom. The van der Waals surface area contributed by atoms with E-state index >= 15 is 0 Å². The lowest BCUT2D eigenvalue weighted by Gasteiger charge is -2.21. The van der Waals surface area contributed by atoms with E-state index in [9.17, 15) is 14.4 Å². The maximum atomic E-state index is 12.2. The second-order valence-electron chi connectivity index (χ2n) is 7.50. The van der Waals surface area contributed by atoms with Crippen LogP contribution < -0.4 is 11.1 Å². The van der Waals surface area contributed by atoms with Crippen LogP contribution in [0.25, 0.3) is 0 Å². The van der Waals surface area contributed by atoms with Gasteiger partial charge in [0.1, 0.15) is 12.1 Å². The molecule has 30 heavy (non-hydrogen) atoms. The van der Waals surface area contributed by atoms with Crippen molar-refractivity contribution in [2.24, 2.45) is 5.73 Å². The van der Waals surface area contributed by atoms with Crippen LogP contribution in [0.3, 0.4) is 0 Å². The second-order valence-corrected chi connectivity index (χ2v) is 7.50.